The topological polar surface area (TPSA) is 26.7 Å². The van der Waals surface area contributed by atoms with Gasteiger partial charge < -0.3 is 10.0 Å². The number of benzene rings is 1. The summed E-state index contributed by atoms with van der Waals surface area (Å²) in [5.74, 6) is 0. The molecule has 1 aromatic rings. The molecule has 0 saturated carbocycles. The molecule has 0 aliphatic carbocycles. The van der Waals surface area contributed by atoms with Gasteiger partial charge in [-0.25, -0.2) is 0 Å². The van der Waals surface area contributed by atoms with Crippen LogP contribution in [0, 0.1) is 0 Å². The number of hydrogen-bond donors (Lipinski definition) is 1. The molecule has 17 heavy (non-hydrogen) atoms. The highest BCUT2D eigenvalue weighted by atomic mass is 16.3. The van der Waals surface area contributed by atoms with Crippen LogP contribution in [0.5, 0.6) is 0 Å². The van der Waals surface area contributed by atoms with Crippen LogP contribution >= 0.6 is 0 Å². The lowest BCUT2D eigenvalue weighted by molar-refractivity contribution is 0.0792. The second kappa shape index (κ2) is 5.52. The summed E-state index contributed by atoms with van der Waals surface area (Å²) in [4.78, 5) is 4.53. The molecule has 1 aliphatic rings. The summed E-state index contributed by atoms with van der Waals surface area (Å²) in [7, 11) is 4.11. The molecule has 0 spiro atoms. The minimum Gasteiger partial charge on any atom is -0.393 e. The normalized spacial score (nSPS) is 18.3. The van der Waals surface area contributed by atoms with Crippen molar-refractivity contribution in [2.75, 3.05) is 32.1 Å². The van der Waals surface area contributed by atoms with Gasteiger partial charge in [-0.1, -0.05) is 12.1 Å². The Morgan fingerprint density at radius 3 is 2.29 bits per heavy atom. The Morgan fingerprint density at radius 2 is 1.76 bits per heavy atom. The summed E-state index contributed by atoms with van der Waals surface area (Å²) in [6, 6.07) is 8.71. The van der Waals surface area contributed by atoms with E-state index in [0.717, 1.165) is 32.5 Å². The van der Waals surface area contributed by atoms with Crippen molar-refractivity contribution >= 4 is 5.69 Å². The number of piperidine rings is 1. The third kappa shape index (κ3) is 3.45. The van der Waals surface area contributed by atoms with E-state index in [4.69, 9.17) is 0 Å². The summed E-state index contributed by atoms with van der Waals surface area (Å²) in [5, 5.41) is 9.46. The monoisotopic (exact) mass is 234 g/mol. The molecule has 0 atom stereocenters. The molecular formula is C14H22N2O. The molecule has 1 saturated heterocycles. The SMILES string of the molecule is CN(C)c1ccc(CN2CCC(O)CC2)cc1. The van der Waals surface area contributed by atoms with Crippen LogP contribution < -0.4 is 4.90 Å². The van der Waals surface area contributed by atoms with E-state index in [0.29, 0.717) is 0 Å². The molecule has 0 unspecified atom stereocenters. The van der Waals surface area contributed by atoms with Gasteiger partial charge in [-0.15, -0.1) is 0 Å². The minimum absolute atomic E-state index is 0.0811. The summed E-state index contributed by atoms with van der Waals surface area (Å²) in [6.45, 7) is 3.02. The van der Waals surface area contributed by atoms with Crippen LogP contribution in [0.4, 0.5) is 5.69 Å². The fraction of sp³-hybridized carbons (Fsp3) is 0.571. The maximum absolute atomic E-state index is 9.46. The van der Waals surface area contributed by atoms with Crippen LogP contribution in [0.3, 0.4) is 0 Å². The Bertz CT molecular complexity index is 340. The molecule has 1 N–H and O–H groups in total. The van der Waals surface area contributed by atoms with Gasteiger partial charge in [0.1, 0.15) is 0 Å². The first-order chi connectivity index (χ1) is 8.15. The molecule has 0 amide bonds. The largest absolute Gasteiger partial charge is 0.393 e. The van der Waals surface area contributed by atoms with Crippen molar-refractivity contribution in [3.05, 3.63) is 29.8 Å². The van der Waals surface area contributed by atoms with Crippen molar-refractivity contribution < 1.29 is 5.11 Å². The van der Waals surface area contributed by atoms with Crippen LogP contribution in [-0.2, 0) is 6.54 Å². The van der Waals surface area contributed by atoms with E-state index in [2.05, 4.69) is 48.2 Å². The molecule has 3 nitrogen and oxygen atoms in total. The maximum atomic E-state index is 9.46. The molecular weight excluding hydrogens is 212 g/mol. The Morgan fingerprint density at radius 1 is 1.18 bits per heavy atom. The highest BCUT2D eigenvalue weighted by Crippen LogP contribution is 2.16. The first-order valence-corrected chi connectivity index (χ1v) is 6.32. The average molecular weight is 234 g/mol. The summed E-state index contributed by atoms with van der Waals surface area (Å²) in [6.07, 6.45) is 1.74. The maximum Gasteiger partial charge on any atom is 0.0564 e. The van der Waals surface area contributed by atoms with Gasteiger partial charge in [0.05, 0.1) is 6.10 Å². The Labute approximate surface area is 104 Å². The van der Waals surface area contributed by atoms with Gasteiger partial charge in [0, 0.05) is 39.4 Å². The molecule has 1 aliphatic heterocycles. The van der Waals surface area contributed by atoms with Crippen molar-refractivity contribution in [3.63, 3.8) is 0 Å². The third-order valence-corrected chi connectivity index (χ3v) is 3.42. The van der Waals surface area contributed by atoms with Crippen LogP contribution in [0.15, 0.2) is 24.3 Å². The molecule has 3 heteroatoms. The summed E-state index contributed by atoms with van der Waals surface area (Å²) in [5.41, 5.74) is 2.59. The lowest BCUT2D eigenvalue weighted by Crippen LogP contribution is -2.35. The Balaban J connectivity index is 1.90. The second-order valence-corrected chi connectivity index (χ2v) is 5.07. The lowest BCUT2D eigenvalue weighted by atomic mass is 10.1. The van der Waals surface area contributed by atoms with Crippen LogP contribution in [0.25, 0.3) is 0 Å². The van der Waals surface area contributed by atoms with Crippen molar-refractivity contribution in [1.82, 2.24) is 4.90 Å². The third-order valence-electron chi connectivity index (χ3n) is 3.42. The zero-order chi connectivity index (χ0) is 12.3. The number of aliphatic hydroxyl groups excluding tert-OH is 1. The first kappa shape index (κ1) is 12.4. The molecule has 1 aromatic carbocycles. The van der Waals surface area contributed by atoms with Crippen molar-refractivity contribution in [3.8, 4) is 0 Å². The molecule has 1 fully saturated rings. The fourth-order valence-corrected chi connectivity index (χ4v) is 2.24. The number of rotatable bonds is 3. The van der Waals surface area contributed by atoms with E-state index < -0.39 is 0 Å². The molecule has 0 radical (unpaired) electrons. The Hall–Kier alpha value is -1.06. The van der Waals surface area contributed by atoms with Crippen LogP contribution in [-0.4, -0.2) is 43.3 Å². The number of nitrogens with zero attached hydrogens (tertiary/aromatic N) is 2. The van der Waals surface area contributed by atoms with Gasteiger partial charge in [-0.2, -0.15) is 0 Å². The summed E-state index contributed by atoms with van der Waals surface area (Å²) < 4.78 is 0. The predicted molar refractivity (Wildman–Crippen MR) is 71.3 cm³/mol. The van der Waals surface area contributed by atoms with Gasteiger partial charge >= 0.3 is 0 Å². The fourth-order valence-electron chi connectivity index (χ4n) is 2.24. The van der Waals surface area contributed by atoms with Gasteiger partial charge in [0.2, 0.25) is 0 Å². The predicted octanol–water partition coefficient (Wildman–Crippen LogP) is 1.71. The molecule has 94 valence electrons. The van der Waals surface area contributed by atoms with Gasteiger partial charge in [0.15, 0.2) is 0 Å². The van der Waals surface area contributed by atoms with E-state index in [1.165, 1.54) is 11.3 Å². The Kier molecular flexibility index (Phi) is 4.02. The highest BCUT2D eigenvalue weighted by Gasteiger charge is 2.16. The van der Waals surface area contributed by atoms with Crippen LogP contribution in [0.1, 0.15) is 18.4 Å². The number of likely N-dealkylation sites (tertiary alicyclic amines) is 1. The first-order valence-electron chi connectivity index (χ1n) is 6.32. The zero-order valence-electron chi connectivity index (χ0n) is 10.8. The van der Waals surface area contributed by atoms with E-state index in [1.54, 1.807) is 0 Å². The van der Waals surface area contributed by atoms with Crippen molar-refractivity contribution in [1.29, 1.82) is 0 Å². The van der Waals surface area contributed by atoms with Gasteiger partial charge in [-0.05, 0) is 30.5 Å². The minimum atomic E-state index is -0.0811. The number of aliphatic hydroxyl groups is 1. The molecule has 0 bridgehead atoms. The van der Waals surface area contributed by atoms with Crippen molar-refractivity contribution in [2.24, 2.45) is 0 Å². The van der Waals surface area contributed by atoms with Gasteiger partial charge in [0.25, 0.3) is 0 Å². The molecule has 0 aromatic heterocycles. The average Bonchev–Trinajstić information content (AvgIpc) is 2.33. The molecule has 2 rings (SSSR count). The quantitative estimate of drug-likeness (QED) is 0.862. The molecule has 1 heterocycles. The zero-order valence-corrected chi connectivity index (χ0v) is 10.8. The van der Waals surface area contributed by atoms with E-state index in [1.807, 2.05) is 0 Å². The number of anilines is 1. The highest BCUT2D eigenvalue weighted by molar-refractivity contribution is 5.45. The van der Waals surface area contributed by atoms with E-state index in [-0.39, 0.29) is 6.10 Å². The smallest absolute Gasteiger partial charge is 0.0564 e. The summed E-state index contributed by atoms with van der Waals surface area (Å²) >= 11 is 0. The standard InChI is InChI=1S/C14H22N2O/c1-15(2)13-5-3-12(4-6-13)11-16-9-7-14(17)8-10-16/h3-6,14,17H,7-11H2,1-2H3. The van der Waals surface area contributed by atoms with E-state index in [9.17, 15) is 5.11 Å². The lowest BCUT2D eigenvalue weighted by Gasteiger charge is -2.29. The van der Waals surface area contributed by atoms with Gasteiger partial charge in [-0.3, -0.25) is 4.90 Å². The van der Waals surface area contributed by atoms with Crippen molar-refractivity contribution in [2.45, 2.75) is 25.5 Å². The van der Waals surface area contributed by atoms with E-state index >= 15 is 0 Å². The second-order valence-electron chi connectivity index (χ2n) is 5.07. The van der Waals surface area contributed by atoms with Crippen LogP contribution in [0.2, 0.25) is 0 Å². The number of hydrogen-bond acceptors (Lipinski definition) is 3.